The van der Waals surface area contributed by atoms with Gasteiger partial charge in [-0.15, -0.1) is 0 Å². The highest BCUT2D eigenvalue weighted by Gasteiger charge is 2.19. The van der Waals surface area contributed by atoms with E-state index in [4.69, 9.17) is 9.47 Å². The molecular formula is C15H22O3. The van der Waals surface area contributed by atoms with E-state index < -0.39 is 0 Å². The van der Waals surface area contributed by atoms with Crippen molar-refractivity contribution < 1.29 is 14.3 Å². The molecule has 0 fully saturated rings. The number of esters is 1. The van der Waals surface area contributed by atoms with Crippen LogP contribution in [-0.4, -0.2) is 18.7 Å². The van der Waals surface area contributed by atoms with E-state index in [0.29, 0.717) is 6.61 Å². The Bertz CT molecular complexity index is 368. The average molecular weight is 250 g/mol. The number of benzene rings is 1. The topological polar surface area (TPSA) is 35.5 Å². The molecule has 0 aliphatic heterocycles. The predicted octanol–water partition coefficient (Wildman–Crippen LogP) is 3.53. The van der Waals surface area contributed by atoms with Crippen LogP contribution in [0.2, 0.25) is 0 Å². The van der Waals surface area contributed by atoms with E-state index in [1.165, 1.54) is 0 Å². The molecule has 1 aromatic carbocycles. The van der Waals surface area contributed by atoms with Crippen LogP contribution in [0.5, 0.6) is 5.75 Å². The van der Waals surface area contributed by atoms with Gasteiger partial charge in [0, 0.05) is 0 Å². The fraction of sp³-hybridized carbons (Fsp3) is 0.533. The summed E-state index contributed by atoms with van der Waals surface area (Å²) < 4.78 is 10.6. The molecule has 18 heavy (non-hydrogen) atoms. The van der Waals surface area contributed by atoms with Crippen LogP contribution in [0, 0.1) is 0 Å². The first-order chi connectivity index (χ1) is 8.58. The quantitative estimate of drug-likeness (QED) is 0.724. The zero-order valence-corrected chi connectivity index (χ0v) is 11.6. The minimum Gasteiger partial charge on any atom is -0.491 e. The van der Waals surface area contributed by atoms with E-state index in [-0.39, 0.29) is 18.0 Å². The Labute approximate surface area is 109 Å². The Morgan fingerprint density at radius 2 is 1.78 bits per heavy atom. The van der Waals surface area contributed by atoms with Crippen LogP contribution in [0.25, 0.3) is 0 Å². The summed E-state index contributed by atoms with van der Waals surface area (Å²) in [6.07, 6.45) is 0.895. The number of rotatable bonds is 6. The smallest absolute Gasteiger partial charge is 0.313 e. The third kappa shape index (κ3) is 4.06. The Kier molecular flexibility index (Phi) is 5.69. The van der Waals surface area contributed by atoms with Crippen LogP contribution in [0.1, 0.15) is 45.6 Å². The number of carbonyl (C=O) groups excluding carboxylic acids is 1. The van der Waals surface area contributed by atoms with Crippen LogP contribution < -0.4 is 4.74 Å². The molecule has 1 unspecified atom stereocenters. The zero-order valence-electron chi connectivity index (χ0n) is 11.6. The molecule has 3 heteroatoms. The summed E-state index contributed by atoms with van der Waals surface area (Å²) in [5.41, 5.74) is 0.979. The molecule has 0 heterocycles. The minimum absolute atomic E-state index is 0.155. The van der Waals surface area contributed by atoms with Crippen LogP contribution in [0.4, 0.5) is 0 Å². The third-order valence-electron chi connectivity index (χ3n) is 2.63. The molecule has 0 N–H and O–H groups in total. The van der Waals surface area contributed by atoms with E-state index in [1.807, 2.05) is 52.0 Å². The normalized spacial score (nSPS) is 12.3. The lowest BCUT2D eigenvalue weighted by molar-refractivity contribution is -0.145. The van der Waals surface area contributed by atoms with E-state index in [0.717, 1.165) is 17.7 Å². The Hall–Kier alpha value is -1.51. The number of hydrogen-bond acceptors (Lipinski definition) is 3. The minimum atomic E-state index is -0.182. The molecule has 0 saturated heterocycles. The molecule has 0 radical (unpaired) electrons. The Morgan fingerprint density at radius 3 is 2.22 bits per heavy atom. The second-order valence-electron chi connectivity index (χ2n) is 4.45. The number of ether oxygens (including phenoxy) is 2. The molecule has 0 spiro atoms. The van der Waals surface area contributed by atoms with Gasteiger partial charge in [0.2, 0.25) is 0 Å². The molecule has 0 aliphatic carbocycles. The third-order valence-corrected chi connectivity index (χ3v) is 2.63. The van der Waals surface area contributed by atoms with Crippen molar-refractivity contribution in [3.8, 4) is 5.75 Å². The van der Waals surface area contributed by atoms with Crippen molar-refractivity contribution in [2.45, 2.75) is 46.1 Å². The van der Waals surface area contributed by atoms with Crippen LogP contribution in [-0.2, 0) is 9.53 Å². The maximum atomic E-state index is 11.8. The van der Waals surface area contributed by atoms with Gasteiger partial charge in [0.15, 0.2) is 0 Å². The van der Waals surface area contributed by atoms with Crippen molar-refractivity contribution in [3.05, 3.63) is 29.8 Å². The molecule has 0 aliphatic rings. The highest BCUT2D eigenvalue weighted by molar-refractivity contribution is 5.78. The van der Waals surface area contributed by atoms with Crippen LogP contribution in [0.15, 0.2) is 24.3 Å². The first kappa shape index (κ1) is 14.6. The van der Waals surface area contributed by atoms with Crippen molar-refractivity contribution in [1.82, 2.24) is 0 Å². The van der Waals surface area contributed by atoms with Crippen molar-refractivity contribution >= 4 is 5.97 Å². The molecular weight excluding hydrogens is 228 g/mol. The summed E-state index contributed by atoms with van der Waals surface area (Å²) in [6.45, 7) is 8.21. The van der Waals surface area contributed by atoms with Gasteiger partial charge in [-0.25, -0.2) is 0 Å². The van der Waals surface area contributed by atoms with Crippen molar-refractivity contribution in [2.24, 2.45) is 0 Å². The van der Waals surface area contributed by atoms with Gasteiger partial charge in [0.05, 0.1) is 18.6 Å². The monoisotopic (exact) mass is 250 g/mol. The van der Waals surface area contributed by atoms with E-state index in [9.17, 15) is 4.79 Å². The standard InChI is InChI=1S/C15H22O3/c1-5-14(15(16)17-6-2)12-7-9-13(10-8-12)18-11(3)4/h7-11,14H,5-6H2,1-4H3. The maximum absolute atomic E-state index is 11.8. The lowest BCUT2D eigenvalue weighted by Crippen LogP contribution is -2.15. The molecule has 100 valence electrons. The van der Waals surface area contributed by atoms with Crippen molar-refractivity contribution in [2.75, 3.05) is 6.61 Å². The van der Waals surface area contributed by atoms with Gasteiger partial charge in [0.1, 0.15) is 5.75 Å². The zero-order chi connectivity index (χ0) is 13.5. The van der Waals surface area contributed by atoms with Crippen molar-refractivity contribution in [3.63, 3.8) is 0 Å². The SMILES string of the molecule is CCOC(=O)C(CC)c1ccc(OC(C)C)cc1. The summed E-state index contributed by atoms with van der Waals surface area (Å²) in [4.78, 5) is 11.8. The van der Waals surface area contributed by atoms with Gasteiger partial charge in [0.25, 0.3) is 0 Å². The Morgan fingerprint density at radius 1 is 1.17 bits per heavy atom. The second-order valence-corrected chi connectivity index (χ2v) is 4.45. The second kappa shape index (κ2) is 7.04. The summed E-state index contributed by atoms with van der Waals surface area (Å²) >= 11 is 0. The average Bonchev–Trinajstić information content (AvgIpc) is 2.32. The highest BCUT2D eigenvalue weighted by Crippen LogP contribution is 2.24. The molecule has 1 rings (SSSR count). The van der Waals surface area contributed by atoms with E-state index >= 15 is 0 Å². The lowest BCUT2D eigenvalue weighted by Gasteiger charge is -2.15. The molecule has 1 atom stereocenters. The summed E-state index contributed by atoms with van der Waals surface area (Å²) in [5.74, 6) is 0.489. The van der Waals surface area contributed by atoms with Gasteiger partial charge >= 0.3 is 5.97 Å². The largest absolute Gasteiger partial charge is 0.491 e. The number of carbonyl (C=O) groups is 1. The Balaban J connectivity index is 2.78. The lowest BCUT2D eigenvalue weighted by atomic mass is 9.96. The summed E-state index contributed by atoms with van der Waals surface area (Å²) in [5, 5.41) is 0. The van der Waals surface area contributed by atoms with Gasteiger partial charge in [-0.3, -0.25) is 4.79 Å². The molecule has 3 nitrogen and oxygen atoms in total. The van der Waals surface area contributed by atoms with Gasteiger partial charge < -0.3 is 9.47 Å². The molecule has 1 aromatic rings. The van der Waals surface area contributed by atoms with Crippen molar-refractivity contribution in [1.29, 1.82) is 0 Å². The fourth-order valence-corrected chi connectivity index (χ4v) is 1.83. The fourth-order valence-electron chi connectivity index (χ4n) is 1.83. The predicted molar refractivity (Wildman–Crippen MR) is 71.9 cm³/mol. The van der Waals surface area contributed by atoms with E-state index in [1.54, 1.807) is 0 Å². The van der Waals surface area contributed by atoms with Gasteiger partial charge in [-0.05, 0) is 44.9 Å². The van der Waals surface area contributed by atoms with Gasteiger partial charge in [-0.2, -0.15) is 0 Å². The number of hydrogen-bond donors (Lipinski definition) is 0. The molecule has 0 amide bonds. The van der Waals surface area contributed by atoms with Gasteiger partial charge in [-0.1, -0.05) is 19.1 Å². The molecule has 0 saturated carbocycles. The van der Waals surface area contributed by atoms with Crippen LogP contribution in [0.3, 0.4) is 0 Å². The summed E-state index contributed by atoms with van der Waals surface area (Å²) in [7, 11) is 0. The highest BCUT2D eigenvalue weighted by atomic mass is 16.5. The molecule has 0 bridgehead atoms. The first-order valence-corrected chi connectivity index (χ1v) is 6.51. The first-order valence-electron chi connectivity index (χ1n) is 6.51. The summed E-state index contributed by atoms with van der Waals surface area (Å²) in [6, 6.07) is 7.67. The van der Waals surface area contributed by atoms with E-state index in [2.05, 4.69) is 0 Å². The maximum Gasteiger partial charge on any atom is 0.313 e. The molecule has 0 aromatic heterocycles. The van der Waals surface area contributed by atoms with Crippen LogP contribution >= 0.6 is 0 Å².